The smallest absolute Gasteiger partial charge is 0.234 e. The lowest BCUT2D eigenvalue weighted by Crippen LogP contribution is -2.15. The fourth-order valence-electron chi connectivity index (χ4n) is 2.06. The lowest BCUT2D eigenvalue weighted by Gasteiger charge is -2.08. The Balaban J connectivity index is 1.69. The molecule has 0 atom stereocenters. The summed E-state index contributed by atoms with van der Waals surface area (Å²) in [7, 11) is 0. The van der Waals surface area contributed by atoms with Gasteiger partial charge in [0.15, 0.2) is 0 Å². The highest BCUT2D eigenvalue weighted by atomic mass is 35.5. The number of aromatic nitrogens is 4. The predicted molar refractivity (Wildman–Crippen MR) is 105 cm³/mol. The number of amides is 1. The summed E-state index contributed by atoms with van der Waals surface area (Å²) in [4.78, 5) is 12.2. The molecule has 3 aromatic rings. The minimum atomic E-state index is -0.254. The van der Waals surface area contributed by atoms with E-state index in [0.717, 1.165) is 5.56 Å². The fourth-order valence-corrected chi connectivity index (χ4v) is 3.27. The lowest BCUT2D eigenvalue weighted by molar-refractivity contribution is -0.113. The van der Waals surface area contributed by atoms with E-state index in [1.165, 1.54) is 16.4 Å². The molecule has 6 nitrogen and oxygen atoms in total. The van der Waals surface area contributed by atoms with Gasteiger partial charge in [0.25, 0.3) is 0 Å². The monoisotopic (exact) mass is 427 g/mol. The van der Waals surface area contributed by atoms with Gasteiger partial charge in [-0.15, -0.1) is 5.10 Å². The Labute approximate surface area is 168 Å². The van der Waals surface area contributed by atoms with Crippen molar-refractivity contribution in [2.75, 3.05) is 11.1 Å². The number of halogens is 3. The summed E-state index contributed by atoms with van der Waals surface area (Å²) in [6.07, 6.45) is 0. The van der Waals surface area contributed by atoms with E-state index >= 15 is 0 Å². The molecule has 0 spiro atoms. The molecule has 0 saturated heterocycles. The number of tetrazole rings is 1. The van der Waals surface area contributed by atoms with Crippen molar-refractivity contribution in [2.24, 2.45) is 0 Å². The molecule has 0 radical (unpaired) electrons. The van der Waals surface area contributed by atoms with Crippen molar-refractivity contribution in [3.05, 3.63) is 57.0 Å². The molecule has 1 aromatic heterocycles. The first kappa shape index (κ1) is 19.0. The predicted octanol–water partition coefficient (Wildman–Crippen LogP) is 4.66. The van der Waals surface area contributed by atoms with Crippen molar-refractivity contribution in [3.8, 4) is 5.69 Å². The van der Waals surface area contributed by atoms with Gasteiger partial charge < -0.3 is 5.32 Å². The number of aryl methyl sites for hydroxylation is 1. The lowest BCUT2D eigenvalue weighted by atomic mass is 10.2. The minimum Gasteiger partial charge on any atom is -0.324 e. The van der Waals surface area contributed by atoms with Gasteiger partial charge in [0, 0.05) is 5.02 Å². The van der Waals surface area contributed by atoms with Crippen molar-refractivity contribution < 1.29 is 4.79 Å². The highest BCUT2D eigenvalue weighted by Gasteiger charge is 2.14. The number of thioether (sulfide) groups is 1. The number of nitrogens with zero attached hydrogens (tertiary/aromatic N) is 4. The van der Waals surface area contributed by atoms with Crippen LogP contribution in [0.25, 0.3) is 5.69 Å². The Morgan fingerprint density at radius 2 is 2.00 bits per heavy atom. The molecule has 3 rings (SSSR count). The van der Waals surface area contributed by atoms with Crippen LogP contribution in [0.2, 0.25) is 15.1 Å². The van der Waals surface area contributed by atoms with Gasteiger partial charge in [0.2, 0.25) is 11.1 Å². The van der Waals surface area contributed by atoms with Gasteiger partial charge in [0.05, 0.1) is 27.2 Å². The summed E-state index contributed by atoms with van der Waals surface area (Å²) in [6.45, 7) is 1.91. The number of carbonyl (C=O) groups is 1. The van der Waals surface area contributed by atoms with E-state index < -0.39 is 0 Å². The zero-order chi connectivity index (χ0) is 18.7. The standard InChI is InChI=1S/C16H12Cl3N5OS/c1-9-5-6-10(7-12(9)18)24-16(21-22-23-24)26-8-14(25)20-13-4-2-3-11(17)15(13)19/h2-7H,8H2,1H3,(H,20,25). The average Bonchev–Trinajstić information content (AvgIpc) is 3.08. The molecule has 0 aliphatic rings. The number of anilines is 1. The van der Waals surface area contributed by atoms with Gasteiger partial charge in [-0.25, -0.2) is 0 Å². The Kier molecular flexibility index (Phi) is 6.03. The van der Waals surface area contributed by atoms with Gasteiger partial charge in [0.1, 0.15) is 0 Å². The van der Waals surface area contributed by atoms with Crippen molar-refractivity contribution in [1.29, 1.82) is 0 Å². The Bertz CT molecular complexity index is 963. The molecule has 1 amide bonds. The van der Waals surface area contributed by atoms with Crippen LogP contribution in [0.15, 0.2) is 41.6 Å². The van der Waals surface area contributed by atoms with E-state index in [2.05, 4.69) is 20.8 Å². The number of nitrogens with one attached hydrogen (secondary N) is 1. The summed E-state index contributed by atoms with van der Waals surface area (Å²) in [5.41, 5.74) is 2.12. The molecule has 10 heteroatoms. The maximum Gasteiger partial charge on any atom is 0.234 e. The summed E-state index contributed by atoms with van der Waals surface area (Å²) in [6, 6.07) is 10.5. The molecule has 134 valence electrons. The summed E-state index contributed by atoms with van der Waals surface area (Å²) in [5, 5.41) is 16.0. The van der Waals surface area contributed by atoms with E-state index in [9.17, 15) is 4.79 Å². The SMILES string of the molecule is Cc1ccc(-n2nnnc2SCC(=O)Nc2cccc(Cl)c2Cl)cc1Cl. The first-order chi connectivity index (χ1) is 12.5. The van der Waals surface area contributed by atoms with Gasteiger partial charge in [-0.2, -0.15) is 4.68 Å². The number of carbonyl (C=O) groups excluding carboxylic acids is 1. The number of hydrogen-bond acceptors (Lipinski definition) is 5. The van der Waals surface area contributed by atoms with Crippen LogP contribution in [0.5, 0.6) is 0 Å². The van der Waals surface area contributed by atoms with Crippen LogP contribution in [0.1, 0.15) is 5.56 Å². The second kappa shape index (κ2) is 8.26. The molecule has 0 fully saturated rings. The topological polar surface area (TPSA) is 72.7 Å². The number of benzene rings is 2. The van der Waals surface area contributed by atoms with Crippen LogP contribution in [-0.2, 0) is 4.79 Å². The maximum atomic E-state index is 12.2. The second-order valence-electron chi connectivity index (χ2n) is 5.24. The molecule has 0 aliphatic carbocycles. The van der Waals surface area contributed by atoms with Crippen molar-refractivity contribution >= 4 is 58.2 Å². The molecule has 0 bridgehead atoms. The Morgan fingerprint density at radius 3 is 2.77 bits per heavy atom. The van der Waals surface area contributed by atoms with E-state index in [1.807, 2.05) is 19.1 Å². The van der Waals surface area contributed by atoms with Gasteiger partial charge in [-0.1, -0.05) is 58.7 Å². The van der Waals surface area contributed by atoms with Gasteiger partial charge in [-0.3, -0.25) is 4.79 Å². The quantitative estimate of drug-likeness (QED) is 0.598. The highest BCUT2D eigenvalue weighted by molar-refractivity contribution is 7.99. The molecule has 1 N–H and O–H groups in total. The van der Waals surface area contributed by atoms with Crippen molar-refractivity contribution in [2.45, 2.75) is 12.1 Å². The van der Waals surface area contributed by atoms with Crippen molar-refractivity contribution in [3.63, 3.8) is 0 Å². The normalized spacial score (nSPS) is 10.8. The summed E-state index contributed by atoms with van der Waals surface area (Å²) >= 11 is 19.4. The van der Waals surface area contributed by atoms with E-state index in [-0.39, 0.29) is 11.7 Å². The summed E-state index contributed by atoms with van der Waals surface area (Å²) < 4.78 is 1.52. The molecule has 26 heavy (non-hydrogen) atoms. The van der Waals surface area contributed by atoms with Gasteiger partial charge in [-0.05, 0) is 47.2 Å². The summed E-state index contributed by atoms with van der Waals surface area (Å²) in [5.74, 6) is -0.154. The number of rotatable bonds is 5. The molecule has 1 heterocycles. The molecule has 0 aliphatic heterocycles. The van der Waals surface area contributed by atoms with Crippen LogP contribution in [-0.4, -0.2) is 31.9 Å². The molecule has 0 unspecified atom stereocenters. The number of hydrogen-bond donors (Lipinski definition) is 1. The maximum absolute atomic E-state index is 12.2. The van der Waals surface area contributed by atoms with Crippen LogP contribution >= 0.6 is 46.6 Å². The third-order valence-electron chi connectivity index (χ3n) is 3.40. The third kappa shape index (κ3) is 4.29. The first-order valence-corrected chi connectivity index (χ1v) is 9.49. The van der Waals surface area contributed by atoms with E-state index in [4.69, 9.17) is 34.8 Å². The zero-order valence-corrected chi connectivity index (χ0v) is 16.5. The molecular weight excluding hydrogens is 417 g/mol. The van der Waals surface area contributed by atoms with Crippen LogP contribution in [0.4, 0.5) is 5.69 Å². The molecule has 0 saturated carbocycles. The highest BCUT2D eigenvalue weighted by Crippen LogP contribution is 2.30. The Hall–Kier alpha value is -1.80. The van der Waals surface area contributed by atoms with Gasteiger partial charge >= 0.3 is 0 Å². The average molecular weight is 429 g/mol. The fraction of sp³-hybridized carbons (Fsp3) is 0.125. The first-order valence-electron chi connectivity index (χ1n) is 7.37. The second-order valence-corrected chi connectivity index (χ2v) is 7.38. The largest absolute Gasteiger partial charge is 0.324 e. The van der Waals surface area contributed by atoms with E-state index in [1.54, 1.807) is 24.3 Å². The third-order valence-corrected chi connectivity index (χ3v) is 5.54. The minimum absolute atomic E-state index is 0.100. The Morgan fingerprint density at radius 1 is 1.19 bits per heavy atom. The van der Waals surface area contributed by atoms with Crippen LogP contribution < -0.4 is 5.32 Å². The zero-order valence-electron chi connectivity index (χ0n) is 13.4. The van der Waals surface area contributed by atoms with Crippen LogP contribution in [0, 0.1) is 6.92 Å². The van der Waals surface area contributed by atoms with Crippen molar-refractivity contribution in [1.82, 2.24) is 20.2 Å². The van der Waals surface area contributed by atoms with Crippen LogP contribution in [0.3, 0.4) is 0 Å². The van der Waals surface area contributed by atoms with E-state index in [0.29, 0.717) is 31.6 Å². The molecule has 2 aromatic carbocycles. The molecular formula is C16H12Cl3N5OS.